The Balaban J connectivity index is 2.44. The number of esters is 1. The largest absolute Gasteiger partial charge is 0.463 e. The standard InChI is InChI=1S/C19H26O2/c1-5-21-18(20)17-12-7-6-11-16(17)14-9-8-10-15(13-14)19(2,3)4/h8-10,13H,5-7,11-12H2,1-4H3. The lowest BCUT2D eigenvalue weighted by Gasteiger charge is -2.23. The van der Waals surface area contributed by atoms with Crippen LogP contribution in [0.2, 0.25) is 0 Å². The number of benzene rings is 1. The molecule has 0 fully saturated rings. The molecule has 114 valence electrons. The summed E-state index contributed by atoms with van der Waals surface area (Å²) in [5.41, 5.74) is 4.68. The monoisotopic (exact) mass is 286 g/mol. The van der Waals surface area contributed by atoms with Crippen LogP contribution in [-0.4, -0.2) is 12.6 Å². The van der Waals surface area contributed by atoms with E-state index in [-0.39, 0.29) is 11.4 Å². The molecule has 0 spiro atoms. The van der Waals surface area contributed by atoms with E-state index in [2.05, 4.69) is 45.0 Å². The molecule has 1 aliphatic carbocycles. The van der Waals surface area contributed by atoms with Crippen molar-refractivity contribution in [3.05, 3.63) is 41.0 Å². The smallest absolute Gasteiger partial charge is 0.334 e. The summed E-state index contributed by atoms with van der Waals surface area (Å²) in [6, 6.07) is 8.62. The number of hydrogen-bond donors (Lipinski definition) is 0. The molecule has 0 aromatic heterocycles. The van der Waals surface area contributed by atoms with Gasteiger partial charge in [-0.25, -0.2) is 4.79 Å². The highest BCUT2D eigenvalue weighted by Crippen LogP contribution is 2.34. The van der Waals surface area contributed by atoms with Crippen molar-refractivity contribution in [2.24, 2.45) is 0 Å². The van der Waals surface area contributed by atoms with E-state index < -0.39 is 0 Å². The highest BCUT2D eigenvalue weighted by molar-refractivity contribution is 5.98. The second-order valence-electron chi connectivity index (χ2n) is 6.72. The van der Waals surface area contributed by atoms with Crippen LogP contribution in [0, 0.1) is 0 Å². The normalized spacial score (nSPS) is 16.0. The molecule has 1 aromatic carbocycles. The Bertz CT molecular complexity index is 547. The van der Waals surface area contributed by atoms with E-state index in [1.165, 1.54) is 16.7 Å². The van der Waals surface area contributed by atoms with Crippen LogP contribution in [0.3, 0.4) is 0 Å². The van der Waals surface area contributed by atoms with Crippen LogP contribution >= 0.6 is 0 Å². The van der Waals surface area contributed by atoms with Gasteiger partial charge in [0.1, 0.15) is 0 Å². The van der Waals surface area contributed by atoms with Crippen LogP contribution in [0.4, 0.5) is 0 Å². The summed E-state index contributed by atoms with van der Waals surface area (Å²) in [6.45, 7) is 8.95. The van der Waals surface area contributed by atoms with Gasteiger partial charge in [0.15, 0.2) is 0 Å². The summed E-state index contributed by atoms with van der Waals surface area (Å²) in [6.07, 6.45) is 4.05. The molecule has 0 saturated heterocycles. The Labute approximate surface area is 128 Å². The molecular weight excluding hydrogens is 260 g/mol. The Morgan fingerprint density at radius 1 is 1.19 bits per heavy atom. The molecule has 0 atom stereocenters. The van der Waals surface area contributed by atoms with Gasteiger partial charge in [-0.1, -0.05) is 45.0 Å². The minimum Gasteiger partial charge on any atom is -0.463 e. The van der Waals surface area contributed by atoms with Crippen LogP contribution < -0.4 is 0 Å². The van der Waals surface area contributed by atoms with Crippen molar-refractivity contribution < 1.29 is 9.53 Å². The second kappa shape index (κ2) is 6.46. The lowest BCUT2D eigenvalue weighted by Crippen LogP contribution is -2.14. The molecule has 0 aliphatic heterocycles. The number of ether oxygens (including phenoxy) is 1. The first-order valence-electron chi connectivity index (χ1n) is 7.93. The molecule has 0 bridgehead atoms. The highest BCUT2D eigenvalue weighted by atomic mass is 16.5. The summed E-state index contributed by atoms with van der Waals surface area (Å²) in [5, 5.41) is 0. The molecular formula is C19H26O2. The van der Waals surface area contributed by atoms with E-state index >= 15 is 0 Å². The molecule has 1 aliphatic rings. The zero-order valence-corrected chi connectivity index (χ0v) is 13.7. The molecule has 2 heteroatoms. The number of hydrogen-bond acceptors (Lipinski definition) is 2. The van der Waals surface area contributed by atoms with Crippen molar-refractivity contribution in [3.8, 4) is 0 Å². The van der Waals surface area contributed by atoms with Crippen molar-refractivity contribution in [3.63, 3.8) is 0 Å². The van der Waals surface area contributed by atoms with Crippen molar-refractivity contribution in [1.82, 2.24) is 0 Å². The number of carbonyl (C=O) groups is 1. The van der Waals surface area contributed by atoms with Gasteiger partial charge in [0.2, 0.25) is 0 Å². The predicted octanol–water partition coefficient (Wildman–Crippen LogP) is 4.87. The van der Waals surface area contributed by atoms with Gasteiger partial charge in [-0.2, -0.15) is 0 Å². The molecule has 1 aromatic rings. The average molecular weight is 286 g/mol. The van der Waals surface area contributed by atoms with Crippen molar-refractivity contribution in [1.29, 1.82) is 0 Å². The SMILES string of the molecule is CCOC(=O)C1=C(c2cccc(C(C)(C)C)c2)CCCC1. The molecule has 0 saturated carbocycles. The summed E-state index contributed by atoms with van der Waals surface area (Å²) >= 11 is 0. The fraction of sp³-hybridized carbons (Fsp3) is 0.526. The second-order valence-corrected chi connectivity index (χ2v) is 6.72. The third-order valence-electron chi connectivity index (χ3n) is 4.07. The number of carbonyl (C=O) groups excluding carboxylic acids is 1. The van der Waals surface area contributed by atoms with E-state index in [1.54, 1.807) is 0 Å². The molecule has 0 heterocycles. The van der Waals surface area contributed by atoms with Gasteiger partial charge in [-0.3, -0.25) is 0 Å². The maximum Gasteiger partial charge on any atom is 0.334 e. The van der Waals surface area contributed by atoms with Crippen LogP contribution in [0.25, 0.3) is 5.57 Å². The van der Waals surface area contributed by atoms with Crippen LogP contribution in [0.15, 0.2) is 29.8 Å². The van der Waals surface area contributed by atoms with E-state index in [0.29, 0.717) is 6.61 Å². The molecule has 2 rings (SSSR count). The first-order valence-corrected chi connectivity index (χ1v) is 7.93. The minimum atomic E-state index is -0.131. The quantitative estimate of drug-likeness (QED) is 0.741. The maximum atomic E-state index is 12.2. The fourth-order valence-electron chi connectivity index (χ4n) is 2.84. The minimum absolute atomic E-state index is 0.120. The Morgan fingerprint density at radius 3 is 2.57 bits per heavy atom. The van der Waals surface area contributed by atoms with Crippen LogP contribution in [0.1, 0.15) is 64.5 Å². The molecule has 21 heavy (non-hydrogen) atoms. The van der Waals surface area contributed by atoms with E-state index in [9.17, 15) is 4.79 Å². The van der Waals surface area contributed by atoms with Gasteiger partial charge in [0.25, 0.3) is 0 Å². The van der Waals surface area contributed by atoms with E-state index in [1.807, 2.05) is 6.92 Å². The fourth-order valence-corrected chi connectivity index (χ4v) is 2.84. The van der Waals surface area contributed by atoms with E-state index in [4.69, 9.17) is 4.74 Å². The Morgan fingerprint density at radius 2 is 1.90 bits per heavy atom. The van der Waals surface area contributed by atoms with Crippen LogP contribution in [0.5, 0.6) is 0 Å². The first-order chi connectivity index (χ1) is 9.93. The lowest BCUT2D eigenvalue weighted by atomic mass is 9.82. The van der Waals surface area contributed by atoms with Crippen molar-refractivity contribution in [2.75, 3.05) is 6.61 Å². The van der Waals surface area contributed by atoms with Gasteiger partial charge < -0.3 is 4.74 Å². The Kier molecular flexibility index (Phi) is 4.87. The van der Waals surface area contributed by atoms with Gasteiger partial charge in [0, 0.05) is 5.57 Å². The predicted molar refractivity (Wildman–Crippen MR) is 87.2 cm³/mol. The van der Waals surface area contributed by atoms with Gasteiger partial charge in [-0.15, -0.1) is 0 Å². The topological polar surface area (TPSA) is 26.3 Å². The Hall–Kier alpha value is -1.57. The summed E-state index contributed by atoms with van der Waals surface area (Å²) < 4.78 is 5.23. The highest BCUT2D eigenvalue weighted by Gasteiger charge is 2.22. The molecule has 0 N–H and O–H groups in total. The van der Waals surface area contributed by atoms with Gasteiger partial charge in [-0.05, 0) is 54.7 Å². The number of rotatable bonds is 3. The molecule has 2 nitrogen and oxygen atoms in total. The summed E-state index contributed by atoms with van der Waals surface area (Å²) in [5.74, 6) is -0.131. The first kappa shape index (κ1) is 15.8. The van der Waals surface area contributed by atoms with E-state index in [0.717, 1.165) is 31.3 Å². The third-order valence-corrected chi connectivity index (χ3v) is 4.07. The molecule has 0 radical (unpaired) electrons. The number of allylic oxidation sites excluding steroid dienone is 1. The van der Waals surface area contributed by atoms with Gasteiger partial charge >= 0.3 is 5.97 Å². The zero-order chi connectivity index (χ0) is 15.5. The maximum absolute atomic E-state index is 12.2. The lowest BCUT2D eigenvalue weighted by molar-refractivity contribution is -0.138. The summed E-state index contributed by atoms with van der Waals surface area (Å²) in [4.78, 5) is 12.2. The van der Waals surface area contributed by atoms with Crippen molar-refractivity contribution in [2.45, 2.75) is 58.8 Å². The van der Waals surface area contributed by atoms with Gasteiger partial charge in [0.05, 0.1) is 6.61 Å². The molecule has 0 unspecified atom stereocenters. The summed E-state index contributed by atoms with van der Waals surface area (Å²) in [7, 11) is 0. The van der Waals surface area contributed by atoms with Crippen LogP contribution in [-0.2, 0) is 14.9 Å². The average Bonchev–Trinajstić information content (AvgIpc) is 2.47. The third kappa shape index (κ3) is 3.75. The molecule has 0 amide bonds. The van der Waals surface area contributed by atoms with Crippen molar-refractivity contribution >= 4 is 11.5 Å². The zero-order valence-electron chi connectivity index (χ0n) is 13.7.